The Morgan fingerprint density at radius 3 is 2.11 bits per heavy atom. The summed E-state index contributed by atoms with van der Waals surface area (Å²) in [5.41, 5.74) is 0.727. The highest BCUT2D eigenvalue weighted by Gasteiger charge is 2.11. The molecule has 1 N–H and O–H groups in total. The summed E-state index contributed by atoms with van der Waals surface area (Å²) in [5, 5.41) is 8.59. The van der Waals surface area contributed by atoms with Crippen LogP contribution in [0.2, 0.25) is 0 Å². The Balaban J connectivity index is 3.99. The van der Waals surface area contributed by atoms with Crippen molar-refractivity contribution in [1.29, 1.82) is 0 Å². The molecule has 0 aliphatic heterocycles. The zero-order valence-corrected chi connectivity index (χ0v) is 5.85. The molecule has 0 radical (unpaired) electrons. The van der Waals surface area contributed by atoms with Crippen LogP contribution in [0, 0.1) is 5.92 Å². The van der Waals surface area contributed by atoms with Crippen LogP contribution in [0.4, 0.5) is 0 Å². The summed E-state index contributed by atoms with van der Waals surface area (Å²) in [6.07, 6.45) is 0. The van der Waals surface area contributed by atoms with Crippen LogP contribution in [-0.2, 0) is 4.79 Å². The van der Waals surface area contributed by atoms with E-state index in [0.717, 1.165) is 5.57 Å². The van der Waals surface area contributed by atoms with E-state index in [4.69, 9.17) is 5.11 Å². The minimum atomic E-state index is -0.356. The lowest BCUT2D eigenvalue weighted by Gasteiger charge is -2.07. The highest BCUT2D eigenvalue weighted by Crippen LogP contribution is 2.07. The number of carbonyl (C=O) groups is 1. The fraction of sp³-hybridized carbons (Fsp3) is 0.571. The number of hydrogen-bond donors (Lipinski definition) is 1. The first-order valence-corrected chi connectivity index (χ1v) is 2.86. The molecule has 0 aliphatic carbocycles. The highest BCUT2D eigenvalue weighted by molar-refractivity contribution is 5.81. The van der Waals surface area contributed by atoms with Gasteiger partial charge in [-0.15, -0.1) is 0 Å². The van der Waals surface area contributed by atoms with Crippen molar-refractivity contribution in [3.05, 3.63) is 12.2 Å². The number of carbonyl (C=O) groups excluding carboxylic acids is 1. The minimum absolute atomic E-state index is 0.0231. The van der Waals surface area contributed by atoms with Crippen LogP contribution in [0.3, 0.4) is 0 Å². The van der Waals surface area contributed by atoms with Crippen molar-refractivity contribution in [1.82, 2.24) is 0 Å². The Morgan fingerprint density at radius 2 is 2.11 bits per heavy atom. The molecule has 0 aromatic carbocycles. The average molecular weight is 128 g/mol. The molecule has 1 atom stereocenters. The first kappa shape index (κ1) is 8.37. The third-order valence-corrected chi connectivity index (χ3v) is 1.27. The number of ketones is 1. The van der Waals surface area contributed by atoms with E-state index in [-0.39, 0.29) is 18.3 Å². The normalized spacial score (nSPS) is 12.8. The van der Waals surface area contributed by atoms with Gasteiger partial charge in [0.25, 0.3) is 0 Å². The Labute approximate surface area is 55.2 Å². The number of rotatable bonds is 3. The zero-order valence-electron chi connectivity index (χ0n) is 5.85. The molecule has 0 heterocycles. The van der Waals surface area contributed by atoms with Crippen LogP contribution >= 0.6 is 0 Å². The molecular formula is C7H12O2. The molecule has 0 spiro atoms. The van der Waals surface area contributed by atoms with E-state index in [9.17, 15) is 4.79 Å². The zero-order chi connectivity index (χ0) is 7.44. The highest BCUT2D eigenvalue weighted by atomic mass is 16.3. The van der Waals surface area contributed by atoms with Crippen LogP contribution in [0.25, 0.3) is 0 Å². The molecule has 0 saturated heterocycles. The predicted octanol–water partition coefficient (Wildman–Crippen LogP) is 0.760. The van der Waals surface area contributed by atoms with Gasteiger partial charge in [-0.05, 0) is 13.8 Å². The molecule has 0 fully saturated rings. The summed E-state index contributed by atoms with van der Waals surface area (Å²) in [7, 11) is 0. The second kappa shape index (κ2) is 3.41. The van der Waals surface area contributed by atoms with Crippen LogP contribution in [0.1, 0.15) is 13.8 Å². The van der Waals surface area contributed by atoms with Crippen LogP contribution in [0.15, 0.2) is 12.2 Å². The van der Waals surface area contributed by atoms with Gasteiger partial charge in [0.05, 0.1) is 12.5 Å². The first-order valence-electron chi connectivity index (χ1n) is 2.86. The van der Waals surface area contributed by atoms with Gasteiger partial charge in [-0.25, -0.2) is 0 Å². The Bertz CT molecular complexity index is 113. The van der Waals surface area contributed by atoms with Crippen LogP contribution < -0.4 is 0 Å². The van der Waals surface area contributed by atoms with E-state index in [1.807, 2.05) is 0 Å². The molecule has 0 saturated carbocycles. The van der Waals surface area contributed by atoms with E-state index in [1.165, 1.54) is 6.92 Å². The molecule has 0 bridgehead atoms. The molecule has 9 heavy (non-hydrogen) atoms. The molecular weight excluding hydrogens is 116 g/mol. The Kier molecular flexibility index (Phi) is 3.17. The summed E-state index contributed by atoms with van der Waals surface area (Å²) in [6, 6.07) is 0. The standard InChI is InChI=1S/C7H12O2/c1-5(2)7(4-8)6(3)9/h7-8H,1,4H2,2-3H3. The number of aliphatic hydroxyl groups is 1. The maximum Gasteiger partial charge on any atom is 0.139 e. The quantitative estimate of drug-likeness (QED) is 0.570. The number of hydrogen-bond acceptors (Lipinski definition) is 2. The Morgan fingerprint density at radius 1 is 1.67 bits per heavy atom. The Hall–Kier alpha value is -0.630. The SMILES string of the molecule is C=C(C)C(CO)C(C)=O. The fourth-order valence-electron chi connectivity index (χ4n) is 0.631. The third kappa shape index (κ3) is 2.42. The lowest BCUT2D eigenvalue weighted by molar-refractivity contribution is -0.120. The molecule has 0 aromatic heterocycles. The molecule has 0 amide bonds. The topological polar surface area (TPSA) is 37.3 Å². The van der Waals surface area contributed by atoms with Gasteiger partial charge in [0.15, 0.2) is 0 Å². The van der Waals surface area contributed by atoms with E-state index in [1.54, 1.807) is 6.92 Å². The van der Waals surface area contributed by atoms with Gasteiger partial charge < -0.3 is 5.11 Å². The van der Waals surface area contributed by atoms with E-state index in [2.05, 4.69) is 6.58 Å². The molecule has 0 aromatic rings. The molecule has 2 heteroatoms. The summed E-state index contributed by atoms with van der Waals surface area (Å²) in [4.78, 5) is 10.6. The van der Waals surface area contributed by atoms with Crippen molar-refractivity contribution < 1.29 is 9.90 Å². The second-order valence-electron chi connectivity index (χ2n) is 2.19. The second-order valence-corrected chi connectivity index (χ2v) is 2.19. The predicted molar refractivity (Wildman–Crippen MR) is 36.1 cm³/mol. The van der Waals surface area contributed by atoms with Gasteiger partial charge in [0.2, 0.25) is 0 Å². The van der Waals surface area contributed by atoms with Crippen molar-refractivity contribution in [2.24, 2.45) is 5.92 Å². The molecule has 2 nitrogen and oxygen atoms in total. The fourth-order valence-corrected chi connectivity index (χ4v) is 0.631. The largest absolute Gasteiger partial charge is 0.395 e. The summed E-state index contributed by atoms with van der Waals surface area (Å²) in [5.74, 6) is -0.380. The number of aliphatic hydroxyl groups excluding tert-OH is 1. The van der Waals surface area contributed by atoms with E-state index in [0.29, 0.717) is 0 Å². The molecule has 0 aliphatic rings. The van der Waals surface area contributed by atoms with Crippen molar-refractivity contribution in [2.75, 3.05) is 6.61 Å². The number of Topliss-reactive ketones (excluding diaryl/α,β-unsaturated/α-hetero) is 1. The maximum absolute atomic E-state index is 10.6. The van der Waals surface area contributed by atoms with Gasteiger partial charge >= 0.3 is 0 Å². The van der Waals surface area contributed by atoms with Gasteiger partial charge in [0.1, 0.15) is 5.78 Å². The molecule has 1 unspecified atom stereocenters. The summed E-state index contributed by atoms with van der Waals surface area (Å²) < 4.78 is 0. The van der Waals surface area contributed by atoms with Crippen molar-refractivity contribution in [3.63, 3.8) is 0 Å². The van der Waals surface area contributed by atoms with E-state index >= 15 is 0 Å². The molecule has 0 rings (SSSR count). The third-order valence-electron chi connectivity index (χ3n) is 1.27. The van der Waals surface area contributed by atoms with Crippen LogP contribution in [0.5, 0.6) is 0 Å². The van der Waals surface area contributed by atoms with Gasteiger partial charge in [-0.3, -0.25) is 4.79 Å². The summed E-state index contributed by atoms with van der Waals surface area (Å²) in [6.45, 7) is 6.64. The smallest absolute Gasteiger partial charge is 0.139 e. The molecule has 52 valence electrons. The monoisotopic (exact) mass is 128 g/mol. The first-order chi connectivity index (χ1) is 4.09. The average Bonchev–Trinajstić information content (AvgIpc) is 1.64. The lowest BCUT2D eigenvalue weighted by atomic mass is 9.99. The lowest BCUT2D eigenvalue weighted by Crippen LogP contribution is -2.15. The summed E-state index contributed by atoms with van der Waals surface area (Å²) >= 11 is 0. The van der Waals surface area contributed by atoms with Crippen molar-refractivity contribution in [3.8, 4) is 0 Å². The van der Waals surface area contributed by atoms with Gasteiger partial charge in [-0.1, -0.05) is 12.2 Å². The van der Waals surface area contributed by atoms with Gasteiger partial charge in [0, 0.05) is 0 Å². The van der Waals surface area contributed by atoms with E-state index < -0.39 is 0 Å². The van der Waals surface area contributed by atoms with Gasteiger partial charge in [-0.2, -0.15) is 0 Å². The van der Waals surface area contributed by atoms with Crippen LogP contribution in [-0.4, -0.2) is 17.5 Å². The maximum atomic E-state index is 10.6. The minimum Gasteiger partial charge on any atom is -0.395 e. The van der Waals surface area contributed by atoms with Crippen molar-refractivity contribution in [2.45, 2.75) is 13.8 Å². The van der Waals surface area contributed by atoms with Crippen molar-refractivity contribution >= 4 is 5.78 Å².